The average molecular weight is 303 g/mol. The van der Waals surface area contributed by atoms with Gasteiger partial charge in [-0.1, -0.05) is 12.1 Å². The molecule has 4 nitrogen and oxygen atoms in total. The van der Waals surface area contributed by atoms with Gasteiger partial charge in [0.15, 0.2) is 0 Å². The fourth-order valence-corrected chi connectivity index (χ4v) is 2.94. The summed E-state index contributed by atoms with van der Waals surface area (Å²) >= 11 is 0. The van der Waals surface area contributed by atoms with Crippen molar-refractivity contribution in [3.05, 3.63) is 29.8 Å². The van der Waals surface area contributed by atoms with Gasteiger partial charge in [-0.25, -0.2) is 0 Å². The van der Waals surface area contributed by atoms with Crippen molar-refractivity contribution in [1.29, 1.82) is 0 Å². The van der Waals surface area contributed by atoms with Gasteiger partial charge in [0.1, 0.15) is 12.4 Å². The SMILES string of the molecule is CC(=O)N(Cc1cccc(OC[C@@H]2CCCCO2)c1)C1CC1. The van der Waals surface area contributed by atoms with Crippen LogP contribution in [0.2, 0.25) is 0 Å². The van der Waals surface area contributed by atoms with Gasteiger partial charge in [-0.15, -0.1) is 0 Å². The minimum atomic E-state index is 0.157. The lowest BCUT2D eigenvalue weighted by atomic mass is 10.1. The highest BCUT2D eigenvalue weighted by Crippen LogP contribution is 2.29. The maximum Gasteiger partial charge on any atom is 0.219 e. The third-order valence-corrected chi connectivity index (χ3v) is 4.35. The number of benzene rings is 1. The Morgan fingerprint density at radius 2 is 2.18 bits per heavy atom. The van der Waals surface area contributed by atoms with Gasteiger partial charge in [-0.3, -0.25) is 4.79 Å². The molecule has 22 heavy (non-hydrogen) atoms. The zero-order valence-electron chi connectivity index (χ0n) is 13.3. The van der Waals surface area contributed by atoms with E-state index in [1.165, 1.54) is 6.42 Å². The van der Waals surface area contributed by atoms with E-state index in [2.05, 4.69) is 6.07 Å². The van der Waals surface area contributed by atoms with Gasteiger partial charge in [-0.05, 0) is 49.8 Å². The van der Waals surface area contributed by atoms with Crippen molar-refractivity contribution in [3.8, 4) is 5.75 Å². The second-order valence-electron chi connectivity index (χ2n) is 6.33. The first-order chi connectivity index (χ1) is 10.7. The lowest BCUT2D eigenvalue weighted by Gasteiger charge is -2.23. The second-order valence-corrected chi connectivity index (χ2v) is 6.33. The van der Waals surface area contributed by atoms with Crippen molar-refractivity contribution in [2.75, 3.05) is 13.2 Å². The van der Waals surface area contributed by atoms with E-state index in [1.54, 1.807) is 6.92 Å². The van der Waals surface area contributed by atoms with Crippen molar-refractivity contribution in [3.63, 3.8) is 0 Å². The highest BCUT2D eigenvalue weighted by Gasteiger charge is 2.30. The van der Waals surface area contributed by atoms with E-state index >= 15 is 0 Å². The van der Waals surface area contributed by atoms with Crippen LogP contribution in [0.25, 0.3) is 0 Å². The predicted octanol–water partition coefficient (Wildman–Crippen LogP) is 3.15. The van der Waals surface area contributed by atoms with Gasteiger partial charge >= 0.3 is 0 Å². The Kier molecular flexibility index (Phi) is 4.98. The average Bonchev–Trinajstić information content (AvgIpc) is 3.36. The minimum Gasteiger partial charge on any atom is -0.491 e. The number of carbonyl (C=O) groups excluding carboxylic acids is 1. The molecule has 1 aromatic carbocycles. The summed E-state index contributed by atoms with van der Waals surface area (Å²) in [5, 5.41) is 0. The molecule has 120 valence electrons. The summed E-state index contributed by atoms with van der Waals surface area (Å²) in [6.07, 6.45) is 5.96. The molecular weight excluding hydrogens is 278 g/mol. The van der Waals surface area contributed by atoms with E-state index in [0.717, 1.165) is 43.6 Å². The van der Waals surface area contributed by atoms with Gasteiger partial charge in [0.2, 0.25) is 5.91 Å². The molecular formula is C18H25NO3. The van der Waals surface area contributed by atoms with Crippen LogP contribution < -0.4 is 4.74 Å². The van der Waals surface area contributed by atoms with Gasteiger partial charge in [0.25, 0.3) is 0 Å². The minimum absolute atomic E-state index is 0.157. The Morgan fingerprint density at radius 3 is 2.86 bits per heavy atom. The van der Waals surface area contributed by atoms with Crippen LogP contribution >= 0.6 is 0 Å². The second kappa shape index (κ2) is 7.14. The van der Waals surface area contributed by atoms with Gasteiger partial charge in [-0.2, -0.15) is 0 Å². The molecule has 1 aliphatic carbocycles. The van der Waals surface area contributed by atoms with Crippen molar-refractivity contribution in [2.45, 2.75) is 57.7 Å². The third kappa shape index (κ3) is 4.23. The number of amides is 1. The third-order valence-electron chi connectivity index (χ3n) is 4.35. The number of hydrogen-bond donors (Lipinski definition) is 0. The number of ether oxygens (including phenoxy) is 2. The summed E-state index contributed by atoms with van der Waals surface area (Å²) in [5.74, 6) is 1.02. The molecule has 2 aliphatic rings. The summed E-state index contributed by atoms with van der Waals surface area (Å²) in [7, 11) is 0. The van der Waals surface area contributed by atoms with Crippen molar-refractivity contribution in [1.82, 2.24) is 4.90 Å². The Labute approximate surface area is 132 Å². The Balaban J connectivity index is 1.55. The van der Waals surface area contributed by atoms with Crippen molar-refractivity contribution in [2.24, 2.45) is 0 Å². The molecule has 0 spiro atoms. The molecule has 3 rings (SSSR count). The highest BCUT2D eigenvalue weighted by atomic mass is 16.5. The fourth-order valence-electron chi connectivity index (χ4n) is 2.94. The summed E-state index contributed by atoms with van der Waals surface area (Å²) in [6, 6.07) is 8.51. The first-order valence-electron chi connectivity index (χ1n) is 8.33. The number of carbonyl (C=O) groups is 1. The van der Waals surface area contributed by atoms with Crippen LogP contribution in [0.3, 0.4) is 0 Å². The molecule has 1 amide bonds. The standard InChI is InChI=1S/C18H25NO3/c1-14(20)19(16-8-9-16)12-15-5-4-7-17(11-15)22-13-18-6-2-3-10-21-18/h4-5,7,11,16,18H,2-3,6,8-10,12-13H2,1H3/t18-/m0/s1. The molecule has 0 aromatic heterocycles. The molecule has 1 saturated heterocycles. The molecule has 0 bridgehead atoms. The molecule has 0 unspecified atom stereocenters. The lowest BCUT2D eigenvalue weighted by Crippen LogP contribution is -2.30. The van der Waals surface area contributed by atoms with Crippen molar-refractivity contribution < 1.29 is 14.3 Å². The van der Waals surface area contributed by atoms with Crippen LogP contribution in [-0.4, -0.2) is 36.2 Å². The summed E-state index contributed by atoms with van der Waals surface area (Å²) in [6.45, 7) is 3.79. The van der Waals surface area contributed by atoms with E-state index in [-0.39, 0.29) is 12.0 Å². The monoisotopic (exact) mass is 303 g/mol. The Hall–Kier alpha value is -1.55. The topological polar surface area (TPSA) is 38.8 Å². The number of hydrogen-bond acceptors (Lipinski definition) is 3. The van der Waals surface area contributed by atoms with E-state index in [0.29, 0.717) is 19.2 Å². The summed E-state index contributed by atoms with van der Waals surface area (Å²) in [5.41, 5.74) is 1.13. The fraction of sp³-hybridized carbons (Fsp3) is 0.611. The lowest BCUT2D eigenvalue weighted by molar-refractivity contribution is -0.130. The zero-order chi connectivity index (χ0) is 15.4. The van der Waals surface area contributed by atoms with E-state index < -0.39 is 0 Å². The quantitative estimate of drug-likeness (QED) is 0.810. The predicted molar refractivity (Wildman–Crippen MR) is 84.8 cm³/mol. The first-order valence-corrected chi connectivity index (χ1v) is 8.33. The van der Waals surface area contributed by atoms with Gasteiger partial charge in [0.05, 0.1) is 6.10 Å². The molecule has 4 heteroatoms. The Bertz CT molecular complexity index is 507. The number of nitrogens with zero attached hydrogens (tertiary/aromatic N) is 1. The molecule has 1 aliphatic heterocycles. The normalized spacial score (nSPS) is 21.4. The van der Waals surface area contributed by atoms with Crippen LogP contribution in [-0.2, 0) is 16.1 Å². The Morgan fingerprint density at radius 1 is 1.32 bits per heavy atom. The van der Waals surface area contributed by atoms with E-state index in [4.69, 9.17) is 9.47 Å². The molecule has 1 heterocycles. The molecule has 1 atom stereocenters. The zero-order valence-corrected chi connectivity index (χ0v) is 13.3. The number of rotatable bonds is 6. The van der Waals surface area contributed by atoms with Crippen LogP contribution in [0.4, 0.5) is 0 Å². The van der Waals surface area contributed by atoms with Gasteiger partial charge in [0, 0.05) is 26.1 Å². The summed E-state index contributed by atoms with van der Waals surface area (Å²) in [4.78, 5) is 13.7. The maximum atomic E-state index is 11.7. The van der Waals surface area contributed by atoms with Gasteiger partial charge < -0.3 is 14.4 Å². The van der Waals surface area contributed by atoms with E-state index in [9.17, 15) is 4.79 Å². The molecule has 0 radical (unpaired) electrons. The van der Waals surface area contributed by atoms with Crippen LogP contribution in [0.1, 0.15) is 44.6 Å². The molecule has 0 N–H and O–H groups in total. The van der Waals surface area contributed by atoms with Crippen LogP contribution in [0, 0.1) is 0 Å². The molecule has 2 fully saturated rings. The molecule has 1 saturated carbocycles. The molecule has 1 aromatic rings. The highest BCUT2D eigenvalue weighted by molar-refractivity contribution is 5.74. The largest absolute Gasteiger partial charge is 0.491 e. The summed E-state index contributed by atoms with van der Waals surface area (Å²) < 4.78 is 11.6. The van der Waals surface area contributed by atoms with Crippen LogP contribution in [0.5, 0.6) is 5.75 Å². The first kappa shape index (κ1) is 15.3. The van der Waals surface area contributed by atoms with Crippen LogP contribution in [0.15, 0.2) is 24.3 Å². The maximum absolute atomic E-state index is 11.7. The smallest absolute Gasteiger partial charge is 0.219 e. The van der Waals surface area contributed by atoms with E-state index in [1.807, 2.05) is 23.1 Å². The van der Waals surface area contributed by atoms with Crippen molar-refractivity contribution >= 4 is 5.91 Å².